The lowest BCUT2D eigenvalue weighted by atomic mass is 10.1. The highest BCUT2D eigenvalue weighted by molar-refractivity contribution is 7.12. The van der Waals surface area contributed by atoms with E-state index in [-0.39, 0.29) is 0 Å². The van der Waals surface area contributed by atoms with Gasteiger partial charge in [-0.3, -0.25) is 10.2 Å². The fourth-order valence-electron chi connectivity index (χ4n) is 2.35. The lowest BCUT2D eigenvalue weighted by Crippen LogP contribution is -2.38. The van der Waals surface area contributed by atoms with Crippen LogP contribution in [0.3, 0.4) is 0 Å². The molecule has 0 spiro atoms. The summed E-state index contributed by atoms with van der Waals surface area (Å²) < 4.78 is 0. The molecular formula is C19H17N3O2S. The normalized spacial score (nSPS) is 11.6. The fraction of sp³-hybridized carbons (Fsp3) is 0.158. The molecule has 2 heterocycles. The summed E-state index contributed by atoms with van der Waals surface area (Å²) >= 11 is 1.57. The lowest BCUT2D eigenvalue weighted by Gasteiger charge is -2.14. The van der Waals surface area contributed by atoms with Crippen LogP contribution in [-0.2, 0) is 6.42 Å². The van der Waals surface area contributed by atoms with Gasteiger partial charge < -0.3 is 5.73 Å². The Kier molecular flexibility index (Phi) is 4.98. The van der Waals surface area contributed by atoms with Crippen LogP contribution in [0.5, 0.6) is 0 Å². The number of hydroxylamine groups is 2. The summed E-state index contributed by atoms with van der Waals surface area (Å²) in [5.74, 6) is 5.76. The molecule has 0 bridgehead atoms. The van der Waals surface area contributed by atoms with Crippen molar-refractivity contribution in [1.29, 1.82) is 0 Å². The Balaban J connectivity index is 1.72. The summed E-state index contributed by atoms with van der Waals surface area (Å²) in [4.78, 5) is 17.6. The number of fused-ring (bicyclic) bond motifs is 1. The molecule has 25 heavy (non-hydrogen) atoms. The van der Waals surface area contributed by atoms with Crippen LogP contribution < -0.4 is 5.73 Å². The maximum atomic E-state index is 10.9. The first-order valence-corrected chi connectivity index (χ1v) is 8.57. The van der Waals surface area contributed by atoms with E-state index < -0.39 is 12.1 Å². The third kappa shape index (κ3) is 4.15. The second-order valence-corrected chi connectivity index (χ2v) is 6.73. The fourth-order valence-corrected chi connectivity index (χ4v) is 3.24. The molecule has 0 saturated carbocycles. The number of amides is 2. The van der Waals surface area contributed by atoms with Gasteiger partial charge in [-0.1, -0.05) is 36.1 Å². The number of carbonyl (C=O) groups excluding carboxylic acids is 1. The predicted molar refractivity (Wildman–Crippen MR) is 98.4 cm³/mol. The minimum absolute atomic E-state index is 0.417. The largest absolute Gasteiger partial charge is 0.350 e. The molecule has 3 aromatic rings. The van der Waals surface area contributed by atoms with Crippen molar-refractivity contribution in [3.05, 3.63) is 64.0 Å². The van der Waals surface area contributed by atoms with E-state index in [0.29, 0.717) is 5.06 Å². The molecule has 0 aliphatic heterocycles. The zero-order valence-corrected chi connectivity index (χ0v) is 14.5. The van der Waals surface area contributed by atoms with Gasteiger partial charge in [0.05, 0.1) is 10.4 Å². The summed E-state index contributed by atoms with van der Waals surface area (Å²) in [6.07, 6.45) is 0.736. The molecular weight excluding hydrogens is 334 g/mol. The van der Waals surface area contributed by atoms with E-state index in [4.69, 9.17) is 5.73 Å². The van der Waals surface area contributed by atoms with Crippen molar-refractivity contribution in [1.82, 2.24) is 10.0 Å². The molecule has 126 valence electrons. The number of thiophene rings is 1. The van der Waals surface area contributed by atoms with E-state index in [1.54, 1.807) is 18.3 Å². The quantitative estimate of drug-likeness (QED) is 0.431. The molecule has 0 fully saturated rings. The topological polar surface area (TPSA) is 79.4 Å². The van der Waals surface area contributed by atoms with Crippen molar-refractivity contribution in [3.63, 3.8) is 0 Å². The predicted octanol–water partition coefficient (Wildman–Crippen LogP) is 3.40. The Morgan fingerprint density at radius 1 is 1.28 bits per heavy atom. The Hall–Kier alpha value is -2.88. The van der Waals surface area contributed by atoms with Crippen LogP contribution >= 0.6 is 11.3 Å². The van der Waals surface area contributed by atoms with E-state index >= 15 is 0 Å². The Bertz CT molecular complexity index is 971. The zero-order chi connectivity index (χ0) is 17.8. The van der Waals surface area contributed by atoms with Crippen molar-refractivity contribution >= 4 is 28.3 Å². The van der Waals surface area contributed by atoms with Gasteiger partial charge in [-0.05, 0) is 31.2 Å². The molecule has 1 atom stereocenters. The number of rotatable bonds is 3. The molecule has 0 saturated heterocycles. The van der Waals surface area contributed by atoms with Crippen molar-refractivity contribution in [2.45, 2.75) is 19.4 Å². The van der Waals surface area contributed by atoms with E-state index in [1.165, 1.54) is 0 Å². The van der Waals surface area contributed by atoms with Crippen molar-refractivity contribution in [2.24, 2.45) is 5.73 Å². The van der Waals surface area contributed by atoms with Crippen LogP contribution in [0, 0.1) is 11.8 Å². The van der Waals surface area contributed by atoms with E-state index in [2.05, 4.69) is 22.9 Å². The SMILES string of the molecule is C[C@H](C#Cc1ccc(Cc2ccc3ccccc3n2)s1)N(O)C(N)=O. The molecule has 6 heteroatoms. The van der Waals surface area contributed by atoms with Gasteiger partial charge in [-0.25, -0.2) is 4.79 Å². The number of hydrogen-bond donors (Lipinski definition) is 2. The molecule has 0 unspecified atom stereocenters. The smallest absolute Gasteiger partial charge is 0.339 e. The van der Waals surface area contributed by atoms with Gasteiger partial charge in [0, 0.05) is 22.4 Å². The highest BCUT2D eigenvalue weighted by atomic mass is 32.1. The first-order chi connectivity index (χ1) is 12.0. The molecule has 0 radical (unpaired) electrons. The molecule has 3 N–H and O–H groups in total. The summed E-state index contributed by atoms with van der Waals surface area (Å²) in [5, 5.41) is 11.0. The van der Waals surface area contributed by atoms with E-state index in [1.807, 2.05) is 42.5 Å². The number of pyridine rings is 1. The third-order valence-electron chi connectivity index (χ3n) is 3.67. The number of urea groups is 1. The van der Waals surface area contributed by atoms with Crippen LogP contribution in [0.2, 0.25) is 0 Å². The van der Waals surface area contributed by atoms with Gasteiger partial charge in [0.1, 0.15) is 6.04 Å². The highest BCUT2D eigenvalue weighted by Gasteiger charge is 2.11. The monoisotopic (exact) mass is 351 g/mol. The van der Waals surface area contributed by atoms with Gasteiger partial charge in [0.15, 0.2) is 0 Å². The van der Waals surface area contributed by atoms with Crippen molar-refractivity contribution < 1.29 is 10.0 Å². The van der Waals surface area contributed by atoms with Gasteiger partial charge >= 0.3 is 6.03 Å². The summed E-state index contributed by atoms with van der Waals surface area (Å²) in [5.41, 5.74) is 6.99. The first kappa shape index (κ1) is 17.0. The number of para-hydroxylation sites is 1. The summed E-state index contributed by atoms with van der Waals surface area (Å²) in [6, 6.07) is 14.5. The minimum atomic E-state index is -0.920. The van der Waals surface area contributed by atoms with E-state index in [0.717, 1.165) is 32.8 Å². The molecule has 0 aliphatic rings. The van der Waals surface area contributed by atoms with Crippen LogP contribution in [-0.4, -0.2) is 27.3 Å². The number of nitrogens with zero attached hydrogens (tertiary/aromatic N) is 2. The number of nitrogens with two attached hydrogens (primary N) is 1. The Morgan fingerprint density at radius 2 is 2.08 bits per heavy atom. The standard InChI is InChI=1S/C19H17N3O2S/c1-13(22(24)19(20)23)6-9-16-10-11-17(25-16)12-15-8-7-14-4-2-3-5-18(14)21-15/h2-5,7-8,10-11,13,24H,12H2,1H3,(H2,20,23)/t13-/m1/s1. The molecule has 2 amide bonds. The van der Waals surface area contributed by atoms with Gasteiger partial charge in [-0.2, -0.15) is 5.06 Å². The third-order valence-corrected chi connectivity index (χ3v) is 4.67. The van der Waals surface area contributed by atoms with Crippen LogP contribution in [0.15, 0.2) is 48.5 Å². The average molecular weight is 351 g/mol. The van der Waals surface area contributed by atoms with Crippen LogP contribution in [0.4, 0.5) is 4.79 Å². The van der Waals surface area contributed by atoms with Gasteiger partial charge in [0.25, 0.3) is 0 Å². The molecule has 0 aliphatic carbocycles. The number of hydrogen-bond acceptors (Lipinski definition) is 4. The number of aromatic nitrogens is 1. The molecule has 5 nitrogen and oxygen atoms in total. The highest BCUT2D eigenvalue weighted by Crippen LogP contribution is 2.20. The lowest BCUT2D eigenvalue weighted by molar-refractivity contribution is -0.0536. The first-order valence-electron chi connectivity index (χ1n) is 7.75. The number of primary amides is 1. The van der Waals surface area contributed by atoms with Gasteiger partial charge in [0.2, 0.25) is 0 Å². The van der Waals surface area contributed by atoms with Crippen molar-refractivity contribution in [3.8, 4) is 11.8 Å². The minimum Gasteiger partial charge on any atom is -0.350 e. The second kappa shape index (κ2) is 7.34. The summed E-state index contributed by atoms with van der Waals surface area (Å²) in [6.45, 7) is 1.60. The van der Waals surface area contributed by atoms with Gasteiger partial charge in [-0.15, -0.1) is 11.3 Å². The molecule has 3 rings (SSSR count). The Morgan fingerprint density at radius 3 is 2.88 bits per heavy atom. The second-order valence-electron chi connectivity index (χ2n) is 5.57. The Labute approximate surface area is 149 Å². The molecule has 2 aromatic heterocycles. The van der Waals surface area contributed by atoms with Crippen LogP contribution in [0.25, 0.3) is 10.9 Å². The molecule has 1 aromatic carbocycles. The summed E-state index contributed by atoms with van der Waals surface area (Å²) in [7, 11) is 0. The van der Waals surface area contributed by atoms with E-state index in [9.17, 15) is 10.0 Å². The number of carbonyl (C=O) groups is 1. The van der Waals surface area contributed by atoms with Crippen LogP contribution in [0.1, 0.15) is 22.4 Å². The maximum Gasteiger partial charge on any atom is 0.339 e. The zero-order valence-electron chi connectivity index (χ0n) is 13.6. The maximum absolute atomic E-state index is 10.9. The number of benzene rings is 1. The average Bonchev–Trinajstić information content (AvgIpc) is 3.06. The van der Waals surface area contributed by atoms with Crippen molar-refractivity contribution in [2.75, 3.05) is 0 Å².